The fourth-order valence-electron chi connectivity index (χ4n) is 3.27. The maximum absolute atomic E-state index is 13.0. The Bertz CT molecular complexity index is 880. The first-order valence-electron chi connectivity index (χ1n) is 9.75. The molecule has 1 heterocycles. The first-order chi connectivity index (χ1) is 14.2. The van der Waals surface area contributed by atoms with Crippen LogP contribution in [0.2, 0.25) is 5.02 Å². The highest BCUT2D eigenvalue weighted by atomic mass is 35.5. The van der Waals surface area contributed by atoms with Crippen LogP contribution < -0.4 is 10.1 Å². The van der Waals surface area contributed by atoms with Gasteiger partial charge < -0.3 is 15.0 Å². The third-order valence-corrected chi connectivity index (χ3v) is 5.11. The number of nitrogens with zero attached hydrogens (tertiary/aromatic N) is 2. The number of nitrogens with one attached hydrogen (secondary N) is 1. The van der Waals surface area contributed by atoms with Gasteiger partial charge in [-0.2, -0.15) is 0 Å². The SMILES string of the molecule is CC(C)(Oc1ccc(Cl)cc1)C(=O)N1CCN(CC(=O)Nc2ccc(F)cc2)CC1. The number of hydrogen-bond acceptors (Lipinski definition) is 4. The lowest BCUT2D eigenvalue weighted by Gasteiger charge is -2.38. The maximum atomic E-state index is 13.0. The van der Waals surface area contributed by atoms with Crippen LogP contribution in [0.15, 0.2) is 48.5 Å². The average Bonchev–Trinajstić information content (AvgIpc) is 2.71. The van der Waals surface area contributed by atoms with Gasteiger partial charge in [-0.25, -0.2) is 4.39 Å². The predicted molar refractivity (Wildman–Crippen MR) is 114 cm³/mol. The van der Waals surface area contributed by atoms with Crippen LogP contribution in [-0.4, -0.2) is 59.9 Å². The van der Waals surface area contributed by atoms with Crippen LogP contribution >= 0.6 is 11.6 Å². The minimum atomic E-state index is -1.02. The van der Waals surface area contributed by atoms with Crippen LogP contribution in [0.25, 0.3) is 0 Å². The molecule has 0 aromatic heterocycles. The van der Waals surface area contributed by atoms with E-state index in [0.717, 1.165) is 0 Å². The monoisotopic (exact) mass is 433 g/mol. The lowest BCUT2D eigenvalue weighted by Crippen LogP contribution is -2.56. The first-order valence-corrected chi connectivity index (χ1v) is 10.1. The zero-order chi connectivity index (χ0) is 21.7. The number of amides is 2. The van der Waals surface area contributed by atoms with E-state index in [1.54, 1.807) is 43.0 Å². The highest BCUT2D eigenvalue weighted by Gasteiger charge is 2.35. The number of carbonyl (C=O) groups is 2. The molecule has 30 heavy (non-hydrogen) atoms. The van der Waals surface area contributed by atoms with Gasteiger partial charge in [0.15, 0.2) is 5.60 Å². The molecule has 0 saturated carbocycles. The van der Waals surface area contributed by atoms with Gasteiger partial charge in [-0.15, -0.1) is 0 Å². The number of benzene rings is 2. The van der Waals surface area contributed by atoms with Gasteiger partial charge in [0, 0.05) is 36.9 Å². The van der Waals surface area contributed by atoms with Crippen molar-refractivity contribution in [3.63, 3.8) is 0 Å². The molecule has 6 nitrogen and oxygen atoms in total. The topological polar surface area (TPSA) is 61.9 Å². The van der Waals surface area contributed by atoms with Gasteiger partial charge in [-0.05, 0) is 62.4 Å². The largest absolute Gasteiger partial charge is 0.478 e. The summed E-state index contributed by atoms with van der Waals surface area (Å²) in [4.78, 5) is 28.9. The first kappa shape index (κ1) is 22.1. The van der Waals surface area contributed by atoms with Crippen LogP contribution in [0.1, 0.15) is 13.8 Å². The Morgan fingerprint density at radius 2 is 1.63 bits per heavy atom. The number of rotatable bonds is 6. The van der Waals surface area contributed by atoms with Crippen molar-refractivity contribution in [2.45, 2.75) is 19.4 Å². The molecular formula is C22H25ClFN3O3. The molecule has 8 heteroatoms. The summed E-state index contributed by atoms with van der Waals surface area (Å²) < 4.78 is 18.8. The summed E-state index contributed by atoms with van der Waals surface area (Å²) in [6.07, 6.45) is 0. The Morgan fingerprint density at radius 1 is 1.03 bits per heavy atom. The van der Waals surface area contributed by atoms with E-state index in [1.165, 1.54) is 24.3 Å². The van der Waals surface area contributed by atoms with E-state index in [-0.39, 0.29) is 24.2 Å². The van der Waals surface area contributed by atoms with Crippen molar-refractivity contribution in [3.05, 3.63) is 59.4 Å². The number of piperazine rings is 1. The van der Waals surface area contributed by atoms with Crippen LogP contribution in [0.4, 0.5) is 10.1 Å². The van der Waals surface area contributed by atoms with Crippen molar-refractivity contribution < 1.29 is 18.7 Å². The Hall–Kier alpha value is -2.64. The summed E-state index contributed by atoms with van der Waals surface area (Å²) in [7, 11) is 0. The molecule has 0 atom stereocenters. The quantitative estimate of drug-likeness (QED) is 0.758. The van der Waals surface area contributed by atoms with E-state index >= 15 is 0 Å². The summed E-state index contributed by atoms with van der Waals surface area (Å²) in [6, 6.07) is 12.5. The van der Waals surface area contributed by atoms with E-state index in [2.05, 4.69) is 5.32 Å². The Morgan fingerprint density at radius 3 is 2.23 bits per heavy atom. The fraction of sp³-hybridized carbons (Fsp3) is 0.364. The summed E-state index contributed by atoms with van der Waals surface area (Å²) in [5.74, 6) is -0.0498. The molecule has 1 N–H and O–H groups in total. The Kier molecular flexibility index (Phi) is 6.95. The summed E-state index contributed by atoms with van der Waals surface area (Å²) in [5.41, 5.74) is -0.466. The molecule has 0 aliphatic carbocycles. The van der Waals surface area contributed by atoms with Crippen molar-refractivity contribution in [1.82, 2.24) is 9.80 Å². The van der Waals surface area contributed by atoms with Crippen LogP contribution in [0, 0.1) is 5.82 Å². The third-order valence-electron chi connectivity index (χ3n) is 4.86. The number of ether oxygens (including phenoxy) is 1. The summed E-state index contributed by atoms with van der Waals surface area (Å²) in [5, 5.41) is 3.35. The molecule has 2 aromatic rings. The van der Waals surface area contributed by atoms with E-state index in [4.69, 9.17) is 16.3 Å². The fourth-order valence-corrected chi connectivity index (χ4v) is 3.39. The van der Waals surface area contributed by atoms with Gasteiger partial charge in [-0.3, -0.25) is 14.5 Å². The predicted octanol–water partition coefficient (Wildman–Crippen LogP) is 3.42. The summed E-state index contributed by atoms with van der Waals surface area (Å²) in [6.45, 7) is 5.88. The molecule has 2 aromatic carbocycles. The van der Waals surface area contributed by atoms with Gasteiger partial charge in [0.2, 0.25) is 5.91 Å². The second kappa shape index (κ2) is 9.45. The molecule has 1 aliphatic heterocycles. The minimum absolute atomic E-state index is 0.104. The van der Waals surface area contributed by atoms with Gasteiger partial charge >= 0.3 is 0 Å². The zero-order valence-corrected chi connectivity index (χ0v) is 17.8. The highest BCUT2D eigenvalue weighted by molar-refractivity contribution is 6.30. The van der Waals surface area contributed by atoms with E-state index in [9.17, 15) is 14.0 Å². The average molecular weight is 434 g/mol. The number of carbonyl (C=O) groups excluding carboxylic acids is 2. The number of hydrogen-bond donors (Lipinski definition) is 1. The second-order valence-electron chi connectivity index (χ2n) is 7.69. The second-order valence-corrected chi connectivity index (χ2v) is 8.13. The Balaban J connectivity index is 1.47. The third kappa shape index (κ3) is 5.93. The van der Waals surface area contributed by atoms with Crippen LogP contribution in [0.5, 0.6) is 5.75 Å². The van der Waals surface area contributed by atoms with E-state index < -0.39 is 5.60 Å². The van der Waals surface area contributed by atoms with Crippen LogP contribution in [0.3, 0.4) is 0 Å². The van der Waals surface area contributed by atoms with Crippen molar-refractivity contribution in [2.24, 2.45) is 0 Å². The molecule has 1 fully saturated rings. The van der Waals surface area contributed by atoms with Gasteiger partial charge in [-0.1, -0.05) is 11.6 Å². The maximum Gasteiger partial charge on any atom is 0.266 e. The summed E-state index contributed by atoms with van der Waals surface area (Å²) >= 11 is 5.89. The Labute approximate surface area is 180 Å². The molecule has 1 aliphatic rings. The lowest BCUT2D eigenvalue weighted by atomic mass is 10.1. The normalized spacial score (nSPS) is 15.0. The standard InChI is InChI=1S/C22H25ClFN3O3/c1-22(2,30-19-9-3-16(23)4-10-19)21(29)27-13-11-26(12-14-27)15-20(28)25-18-7-5-17(24)6-8-18/h3-10H,11-15H2,1-2H3,(H,25,28). The molecule has 160 valence electrons. The molecule has 0 spiro atoms. The lowest BCUT2D eigenvalue weighted by molar-refractivity contribution is -0.147. The van der Waals surface area contributed by atoms with Gasteiger partial charge in [0.25, 0.3) is 5.91 Å². The molecular weight excluding hydrogens is 409 g/mol. The highest BCUT2D eigenvalue weighted by Crippen LogP contribution is 2.23. The van der Waals surface area contributed by atoms with E-state index in [1.807, 2.05) is 4.90 Å². The molecule has 0 unspecified atom stereocenters. The van der Waals surface area contributed by atoms with Crippen molar-refractivity contribution >= 4 is 29.1 Å². The van der Waals surface area contributed by atoms with Crippen molar-refractivity contribution in [1.29, 1.82) is 0 Å². The molecule has 2 amide bonds. The zero-order valence-electron chi connectivity index (χ0n) is 17.0. The van der Waals surface area contributed by atoms with E-state index in [0.29, 0.717) is 42.6 Å². The minimum Gasteiger partial charge on any atom is -0.478 e. The van der Waals surface area contributed by atoms with Gasteiger partial charge in [0.1, 0.15) is 11.6 Å². The van der Waals surface area contributed by atoms with Crippen LogP contribution in [-0.2, 0) is 9.59 Å². The molecule has 1 saturated heterocycles. The number of anilines is 1. The van der Waals surface area contributed by atoms with Gasteiger partial charge in [0.05, 0.1) is 6.54 Å². The smallest absolute Gasteiger partial charge is 0.266 e. The molecule has 0 bridgehead atoms. The number of halogens is 2. The molecule has 3 rings (SSSR count). The molecule has 0 radical (unpaired) electrons. The van der Waals surface area contributed by atoms with Crippen molar-refractivity contribution in [2.75, 3.05) is 38.0 Å². The van der Waals surface area contributed by atoms with Crippen molar-refractivity contribution in [3.8, 4) is 5.75 Å².